The predicted molar refractivity (Wildman–Crippen MR) is 164 cm³/mol. The van der Waals surface area contributed by atoms with Gasteiger partial charge in [0.15, 0.2) is 0 Å². The van der Waals surface area contributed by atoms with Gasteiger partial charge in [-0.15, -0.1) is 0 Å². The Labute approximate surface area is 264 Å². The van der Waals surface area contributed by atoms with Gasteiger partial charge in [-0.05, 0) is 36.8 Å². The lowest BCUT2D eigenvalue weighted by Crippen LogP contribution is -2.59. The number of piperazine rings is 1. The van der Waals surface area contributed by atoms with Gasteiger partial charge >= 0.3 is 5.97 Å². The molecular weight excluding hydrogens is 605 g/mol. The Balaban J connectivity index is 1.12. The monoisotopic (exact) mass is 637 g/mol. The minimum absolute atomic E-state index is 0.0358. The Kier molecular flexibility index (Phi) is 8.21. The summed E-state index contributed by atoms with van der Waals surface area (Å²) < 4.78 is 39.5. The van der Waals surface area contributed by atoms with E-state index in [1.807, 2.05) is 12.1 Å². The molecule has 5 heterocycles. The number of halogens is 2. The third kappa shape index (κ3) is 5.90. The van der Waals surface area contributed by atoms with E-state index in [1.54, 1.807) is 24.3 Å². The van der Waals surface area contributed by atoms with Crippen molar-refractivity contribution < 1.29 is 33.2 Å². The van der Waals surface area contributed by atoms with Gasteiger partial charge in [0.1, 0.15) is 35.3 Å². The molecule has 0 saturated carbocycles. The first kappa shape index (κ1) is 29.7. The molecule has 3 aliphatic heterocycles. The number of hydrogen-bond acceptors (Lipinski definition) is 9. The van der Waals surface area contributed by atoms with Gasteiger partial charge in [-0.25, -0.2) is 14.2 Å². The zero-order chi connectivity index (χ0) is 31.1. The van der Waals surface area contributed by atoms with E-state index in [0.717, 1.165) is 36.7 Å². The number of ether oxygens (including phenoxy) is 4. The van der Waals surface area contributed by atoms with E-state index in [-0.39, 0.29) is 30.4 Å². The van der Waals surface area contributed by atoms with Crippen LogP contribution in [0.4, 0.5) is 10.2 Å². The summed E-state index contributed by atoms with van der Waals surface area (Å²) in [6, 6.07) is 13.4. The smallest absolute Gasteiger partial charge is 0.335 e. The Morgan fingerprint density at radius 3 is 2.73 bits per heavy atom. The van der Waals surface area contributed by atoms with Crippen molar-refractivity contribution in [3.8, 4) is 11.6 Å². The number of anilines is 1. The van der Waals surface area contributed by atoms with E-state index in [1.165, 1.54) is 19.2 Å². The maximum atomic E-state index is 14.3. The average molecular weight is 638 g/mol. The molecule has 45 heavy (non-hydrogen) atoms. The second-order valence-electron chi connectivity index (χ2n) is 11.5. The molecule has 0 bridgehead atoms. The molecule has 0 spiro atoms. The number of imidazole rings is 1. The normalized spacial score (nSPS) is 21.5. The molecule has 3 aliphatic rings. The molecule has 11 nitrogen and oxygen atoms in total. The van der Waals surface area contributed by atoms with Gasteiger partial charge in [-0.3, -0.25) is 4.90 Å². The second-order valence-corrected chi connectivity index (χ2v) is 11.9. The molecule has 0 radical (unpaired) electrons. The van der Waals surface area contributed by atoms with Crippen LogP contribution in [-0.4, -0.2) is 88.7 Å². The van der Waals surface area contributed by atoms with Gasteiger partial charge in [0.05, 0.1) is 62.7 Å². The van der Waals surface area contributed by atoms with Gasteiger partial charge in [0, 0.05) is 36.3 Å². The predicted octanol–water partition coefficient (Wildman–Crippen LogP) is 4.39. The average Bonchev–Trinajstić information content (AvgIpc) is 3.64. The quantitative estimate of drug-likeness (QED) is 0.269. The van der Waals surface area contributed by atoms with E-state index in [9.17, 15) is 14.3 Å². The van der Waals surface area contributed by atoms with Crippen LogP contribution < -0.4 is 14.4 Å². The summed E-state index contributed by atoms with van der Waals surface area (Å²) in [6.07, 6.45) is 0.994. The van der Waals surface area contributed by atoms with Crippen LogP contribution in [0.5, 0.6) is 11.6 Å². The van der Waals surface area contributed by atoms with Crippen molar-refractivity contribution in [2.45, 2.75) is 44.3 Å². The summed E-state index contributed by atoms with van der Waals surface area (Å²) in [5.74, 6) is 0.981. The van der Waals surface area contributed by atoms with Crippen molar-refractivity contribution in [1.82, 2.24) is 19.4 Å². The lowest BCUT2D eigenvalue weighted by atomic mass is 10.0. The third-order valence-corrected chi connectivity index (χ3v) is 9.04. The van der Waals surface area contributed by atoms with Crippen LogP contribution in [0.15, 0.2) is 48.5 Å². The number of pyridine rings is 1. The summed E-state index contributed by atoms with van der Waals surface area (Å²) in [6.45, 7) is 4.43. The standard InChI is InChI=1S/C32H33ClFN5O6/c1-42-27-12-20(32(40)41)11-24-31(27)36-29(39(24)14-22-7-10-44-22)15-37-8-9-38(26-18-43-17-25(26)37)28-3-2-4-30(35-28)45-16-19-5-6-21(33)13-23(19)34/h2-6,11-13,22,25-26H,7-10,14-18H2,1H3,(H,40,41)/t22-,25+,26-/m0/s1. The molecule has 7 rings (SSSR count). The number of benzene rings is 2. The summed E-state index contributed by atoms with van der Waals surface area (Å²) in [4.78, 5) is 26.2. The lowest BCUT2D eigenvalue weighted by Gasteiger charge is -2.44. The van der Waals surface area contributed by atoms with Crippen molar-refractivity contribution in [3.05, 3.63) is 76.3 Å². The first-order valence-corrected chi connectivity index (χ1v) is 15.3. The number of methoxy groups -OCH3 is 1. The molecule has 3 atom stereocenters. The summed E-state index contributed by atoms with van der Waals surface area (Å²) in [5.41, 5.74) is 1.90. The summed E-state index contributed by atoms with van der Waals surface area (Å²) >= 11 is 5.88. The van der Waals surface area contributed by atoms with Crippen LogP contribution in [0.3, 0.4) is 0 Å². The Morgan fingerprint density at radius 1 is 1.13 bits per heavy atom. The zero-order valence-corrected chi connectivity index (χ0v) is 25.5. The van der Waals surface area contributed by atoms with Gasteiger partial charge in [0.25, 0.3) is 0 Å². The molecule has 2 aromatic heterocycles. The SMILES string of the molecule is COc1cc(C(=O)O)cc2c1nc(CN1CCN(c3cccc(OCc4ccc(Cl)cc4F)n3)[C@H]3COC[C@H]31)n2C[C@@H]1CCO1. The molecule has 4 aromatic rings. The number of nitrogens with zero attached hydrogens (tertiary/aromatic N) is 5. The van der Waals surface area contributed by atoms with Crippen LogP contribution in [0, 0.1) is 5.82 Å². The molecule has 236 valence electrons. The molecule has 13 heteroatoms. The van der Waals surface area contributed by atoms with Crippen molar-refractivity contribution in [2.24, 2.45) is 0 Å². The maximum Gasteiger partial charge on any atom is 0.335 e. The fraction of sp³-hybridized carbons (Fsp3) is 0.406. The zero-order valence-electron chi connectivity index (χ0n) is 24.7. The first-order chi connectivity index (χ1) is 21.9. The highest BCUT2D eigenvalue weighted by molar-refractivity contribution is 6.30. The highest BCUT2D eigenvalue weighted by Gasteiger charge is 2.42. The highest BCUT2D eigenvalue weighted by Crippen LogP contribution is 2.33. The molecule has 2 aromatic carbocycles. The van der Waals surface area contributed by atoms with Crippen LogP contribution in [0.2, 0.25) is 5.02 Å². The molecule has 0 amide bonds. The van der Waals surface area contributed by atoms with E-state index < -0.39 is 11.8 Å². The van der Waals surface area contributed by atoms with Crippen LogP contribution in [0.1, 0.15) is 28.2 Å². The number of aromatic carboxylic acids is 1. The number of carboxylic acid groups (broad SMARTS) is 1. The summed E-state index contributed by atoms with van der Waals surface area (Å²) in [7, 11) is 1.53. The fourth-order valence-corrected chi connectivity index (χ4v) is 6.48. The highest BCUT2D eigenvalue weighted by atomic mass is 35.5. The topological polar surface area (TPSA) is 111 Å². The Morgan fingerprint density at radius 2 is 1.98 bits per heavy atom. The van der Waals surface area contributed by atoms with Gasteiger partial charge in [-0.1, -0.05) is 23.7 Å². The molecule has 3 saturated heterocycles. The van der Waals surface area contributed by atoms with Crippen molar-refractivity contribution in [1.29, 1.82) is 0 Å². The van der Waals surface area contributed by atoms with Crippen molar-refractivity contribution >= 4 is 34.4 Å². The summed E-state index contributed by atoms with van der Waals surface area (Å²) in [5, 5.41) is 10.1. The van der Waals surface area contributed by atoms with Crippen molar-refractivity contribution in [2.75, 3.05) is 44.9 Å². The molecular formula is C32H33ClFN5O6. The fourth-order valence-electron chi connectivity index (χ4n) is 6.32. The Hall–Kier alpha value is -3.97. The number of carbonyl (C=O) groups is 1. The van der Waals surface area contributed by atoms with Crippen LogP contribution >= 0.6 is 11.6 Å². The number of aromatic nitrogens is 3. The first-order valence-electron chi connectivity index (χ1n) is 14.9. The largest absolute Gasteiger partial charge is 0.494 e. The van der Waals surface area contributed by atoms with Gasteiger partial charge < -0.3 is 33.5 Å². The van der Waals surface area contributed by atoms with Crippen molar-refractivity contribution in [3.63, 3.8) is 0 Å². The second kappa shape index (κ2) is 12.4. The molecule has 0 aliphatic carbocycles. The molecule has 3 fully saturated rings. The van der Waals surface area contributed by atoms with E-state index in [4.69, 9.17) is 40.5 Å². The number of carboxylic acids is 1. The maximum absolute atomic E-state index is 14.3. The van der Waals surface area contributed by atoms with Gasteiger partial charge in [-0.2, -0.15) is 4.98 Å². The van der Waals surface area contributed by atoms with Crippen LogP contribution in [0.25, 0.3) is 11.0 Å². The van der Waals surface area contributed by atoms with E-state index in [2.05, 4.69) is 14.4 Å². The number of fused-ring (bicyclic) bond motifs is 2. The Bertz CT molecular complexity index is 1730. The molecule has 1 N–H and O–H groups in total. The van der Waals surface area contributed by atoms with E-state index >= 15 is 0 Å². The lowest BCUT2D eigenvalue weighted by molar-refractivity contribution is -0.0592. The molecule has 0 unspecified atom stereocenters. The van der Waals surface area contributed by atoms with Crippen LogP contribution in [-0.2, 0) is 29.2 Å². The van der Waals surface area contributed by atoms with Gasteiger partial charge in [0.2, 0.25) is 5.88 Å². The third-order valence-electron chi connectivity index (χ3n) is 8.80. The number of hydrogen-bond donors (Lipinski definition) is 1. The van der Waals surface area contributed by atoms with E-state index in [0.29, 0.717) is 60.6 Å². The number of rotatable bonds is 10. The minimum atomic E-state index is -1.02. The minimum Gasteiger partial charge on any atom is -0.494 e.